The molecule has 0 aliphatic carbocycles. The van der Waals surface area contributed by atoms with Crippen molar-refractivity contribution in [3.63, 3.8) is 0 Å². The van der Waals surface area contributed by atoms with Crippen LogP contribution in [0.3, 0.4) is 0 Å². The van der Waals surface area contributed by atoms with Gasteiger partial charge >= 0.3 is 0 Å². The van der Waals surface area contributed by atoms with Gasteiger partial charge in [0.15, 0.2) is 0 Å². The third-order valence-corrected chi connectivity index (χ3v) is 3.92. The predicted octanol–water partition coefficient (Wildman–Crippen LogP) is 3.12. The lowest BCUT2D eigenvalue weighted by Gasteiger charge is -2.28. The average Bonchev–Trinajstić information content (AvgIpc) is 2.55. The van der Waals surface area contributed by atoms with Crippen molar-refractivity contribution in [2.24, 2.45) is 0 Å². The first-order chi connectivity index (χ1) is 10.6. The van der Waals surface area contributed by atoms with Crippen LogP contribution in [0.2, 0.25) is 0 Å². The Morgan fingerprint density at radius 3 is 2.32 bits per heavy atom. The van der Waals surface area contributed by atoms with E-state index in [1.165, 1.54) is 5.56 Å². The van der Waals surface area contributed by atoms with E-state index in [1.54, 1.807) is 4.90 Å². The first-order valence-electron chi connectivity index (χ1n) is 7.59. The molecule has 0 heterocycles. The maximum absolute atomic E-state index is 12.5. The Morgan fingerprint density at radius 2 is 1.73 bits per heavy atom. The molecule has 0 aliphatic rings. The highest BCUT2D eigenvalue weighted by molar-refractivity contribution is 5.79. The summed E-state index contributed by atoms with van der Waals surface area (Å²) in [6.07, 6.45) is 0.922. The van der Waals surface area contributed by atoms with Crippen molar-refractivity contribution in [2.75, 3.05) is 13.7 Å². The molecule has 0 aromatic heterocycles. The number of nitrogens with zero attached hydrogens (tertiary/aromatic N) is 1. The molecule has 3 heteroatoms. The summed E-state index contributed by atoms with van der Waals surface area (Å²) in [6, 6.07) is 17.8. The van der Waals surface area contributed by atoms with Gasteiger partial charge in [0.2, 0.25) is 5.91 Å². The lowest BCUT2D eigenvalue weighted by atomic mass is 10.0. The van der Waals surface area contributed by atoms with E-state index in [4.69, 9.17) is 0 Å². The van der Waals surface area contributed by atoms with Gasteiger partial charge in [0.25, 0.3) is 0 Å². The standard InChI is InChI=1S/C19H23NO2/c1-15-8-10-16(11-9-15)14-19(22)20(2)18(12-13-21)17-6-4-3-5-7-17/h3-11,18,21H,12-14H2,1-2H3. The van der Waals surface area contributed by atoms with Crippen LogP contribution in [0.25, 0.3) is 0 Å². The molecule has 1 unspecified atom stereocenters. The van der Waals surface area contributed by atoms with Crippen LogP contribution in [0.15, 0.2) is 54.6 Å². The third-order valence-electron chi connectivity index (χ3n) is 3.92. The van der Waals surface area contributed by atoms with Crippen molar-refractivity contribution in [3.05, 3.63) is 71.3 Å². The molecular formula is C19H23NO2. The van der Waals surface area contributed by atoms with Crippen LogP contribution in [-0.4, -0.2) is 29.6 Å². The number of hydrogen-bond donors (Lipinski definition) is 1. The fourth-order valence-corrected chi connectivity index (χ4v) is 2.56. The van der Waals surface area contributed by atoms with E-state index >= 15 is 0 Å². The summed E-state index contributed by atoms with van der Waals surface area (Å²) in [5.41, 5.74) is 3.25. The molecule has 3 nitrogen and oxygen atoms in total. The fourth-order valence-electron chi connectivity index (χ4n) is 2.56. The van der Waals surface area contributed by atoms with E-state index in [-0.39, 0.29) is 18.6 Å². The molecule has 2 aromatic rings. The molecule has 2 rings (SSSR count). The summed E-state index contributed by atoms with van der Waals surface area (Å²) >= 11 is 0. The number of benzene rings is 2. The molecule has 116 valence electrons. The second-order valence-electron chi connectivity index (χ2n) is 5.61. The van der Waals surface area contributed by atoms with Crippen LogP contribution >= 0.6 is 0 Å². The van der Waals surface area contributed by atoms with Crippen LogP contribution in [0, 0.1) is 6.92 Å². The number of amides is 1. The topological polar surface area (TPSA) is 40.5 Å². The maximum atomic E-state index is 12.5. The maximum Gasteiger partial charge on any atom is 0.227 e. The number of likely N-dealkylation sites (N-methyl/N-ethyl adjacent to an activating group) is 1. The minimum Gasteiger partial charge on any atom is -0.396 e. The quantitative estimate of drug-likeness (QED) is 0.890. The van der Waals surface area contributed by atoms with Gasteiger partial charge < -0.3 is 10.0 Å². The normalized spacial score (nSPS) is 12.0. The molecule has 0 aliphatic heterocycles. The fraction of sp³-hybridized carbons (Fsp3) is 0.316. The second-order valence-corrected chi connectivity index (χ2v) is 5.61. The zero-order chi connectivity index (χ0) is 15.9. The summed E-state index contributed by atoms with van der Waals surface area (Å²) in [7, 11) is 1.81. The van der Waals surface area contributed by atoms with E-state index in [9.17, 15) is 9.90 Å². The molecule has 1 atom stereocenters. The smallest absolute Gasteiger partial charge is 0.227 e. The minimum atomic E-state index is -0.0934. The molecule has 1 amide bonds. The summed E-state index contributed by atoms with van der Waals surface area (Å²) in [6.45, 7) is 2.09. The number of aryl methyl sites for hydroxylation is 1. The van der Waals surface area contributed by atoms with Gasteiger partial charge in [-0.3, -0.25) is 4.79 Å². The van der Waals surface area contributed by atoms with Crippen molar-refractivity contribution >= 4 is 5.91 Å². The van der Waals surface area contributed by atoms with Crippen molar-refractivity contribution < 1.29 is 9.90 Å². The van der Waals surface area contributed by atoms with E-state index in [2.05, 4.69) is 0 Å². The molecule has 0 spiro atoms. The molecule has 22 heavy (non-hydrogen) atoms. The lowest BCUT2D eigenvalue weighted by Crippen LogP contribution is -2.33. The Bertz CT molecular complexity index is 593. The Labute approximate surface area is 132 Å². The molecule has 0 bridgehead atoms. The van der Waals surface area contributed by atoms with Gasteiger partial charge in [0.05, 0.1) is 12.5 Å². The molecule has 0 saturated carbocycles. The molecule has 2 aromatic carbocycles. The zero-order valence-corrected chi connectivity index (χ0v) is 13.2. The van der Waals surface area contributed by atoms with Gasteiger partial charge in [-0.05, 0) is 24.5 Å². The zero-order valence-electron chi connectivity index (χ0n) is 13.2. The van der Waals surface area contributed by atoms with Crippen LogP contribution in [-0.2, 0) is 11.2 Å². The SMILES string of the molecule is Cc1ccc(CC(=O)N(C)C(CCO)c2ccccc2)cc1. The highest BCUT2D eigenvalue weighted by atomic mass is 16.3. The van der Waals surface area contributed by atoms with Crippen LogP contribution < -0.4 is 0 Å². The van der Waals surface area contributed by atoms with Gasteiger partial charge in [0, 0.05) is 13.7 Å². The van der Waals surface area contributed by atoms with Crippen LogP contribution in [0.4, 0.5) is 0 Å². The lowest BCUT2D eigenvalue weighted by molar-refractivity contribution is -0.131. The van der Waals surface area contributed by atoms with Gasteiger partial charge in [-0.1, -0.05) is 60.2 Å². The van der Waals surface area contributed by atoms with Crippen molar-refractivity contribution in [1.29, 1.82) is 0 Å². The molecule has 1 N–H and O–H groups in total. The van der Waals surface area contributed by atoms with Crippen molar-refractivity contribution in [1.82, 2.24) is 4.90 Å². The molecule has 0 saturated heterocycles. The number of hydrogen-bond acceptors (Lipinski definition) is 2. The third kappa shape index (κ3) is 4.18. The average molecular weight is 297 g/mol. The molecular weight excluding hydrogens is 274 g/mol. The van der Waals surface area contributed by atoms with Crippen molar-refractivity contribution in [3.8, 4) is 0 Å². The Balaban J connectivity index is 2.10. The number of aliphatic hydroxyl groups is 1. The van der Waals surface area contributed by atoms with E-state index in [0.717, 1.165) is 11.1 Å². The minimum absolute atomic E-state index is 0.0573. The van der Waals surface area contributed by atoms with Gasteiger partial charge in [0.1, 0.15) is 0 Å². The summed E-state index contributed by atoms with van der Waals surface area (Å²) < 4.78 is 0. The Morgan fingerprint density at radius 1 is 1.09 bits per heavy atom. The van der Waals surface area contributed by atoms with E-state index in [1.807, 2.05) is 68.6 Å². The first-order valence-corrected chi connectivity index (χ1v) is 7.59. The van der Waals surface area contributed by atoms with Crippen LogP contribution in [0.5, 0.6) is 0 Å². The monoisotopic (exact) mass is 297 g/mol. The number of rotatable bonds is 6. The Kier molecular flexibility index (Phi) is 5.73. The van der Waals surface area contributed by atoms with Crippen molar-refractivity contribution in [2.45, 2.75) is 25.8 Å². The highest BCUT2D eigenvalue weighted by Gasteiger charge is 2.21. The first kappa shape index (κ1) is 16.2. The Hall–Kier alpha value is -2.13. The van der Waals surface area contributed by atoms with Gasteiger partial charge in [-0.15, -0.1) is 0 Å². The summed E-state index contributed by atoms with van der Waals surface area (Å²) in [5.74, 6) is 0.0613. The number of carbonyl (C=O) groups is 1. The highest BCUT2D eigenvalue weighted by Crippen LogP contribution is 2.23. The van der Waals surface area contributed by atoms with Gasteiger partial charge in [-0.2, -0.15) is 0 Å². The summed E-state index contributed by atoms with van der Waals surface area (Å²) in [5, 5.41) is 9.31. The van der Waals surface area contributed by atoms with E-state index < -0.39 is 0 Å². The number of aliphatic hydroxyl groups excluding tert-OH is 1. The van der Waals surface area contributed by atoms with Gasteiger partial charge in [-0.25, -0.2) is 0 Å². The largest absolute Gasteiger partial charge is 0.396 e. The molecule has 0 radical (unpaired) electrons. The number of carbonyl (C=O) groups excluding carboxylic acids is 1. The predicted molar refractivity (Wildman–Crippen MR) is 88.5 cm³/mol. The second kappa shape index (κ2) is 7.76. The van der Waals surface area contributed by atoms with Crippen LogP contribution in [0.1, 0.15) is 29.2 Å². The van der Waals surface area contributed by atoms with E-state index in [0.29, 0.717) is 12.8 Å². The molecule has 0 fully saturated rings. The summed E-state index contributed by atoms with van der Waals surface area (Å²) in [4.78, 5) is 14.3.